The normalized spacial score (nSPS) is 28.3. The Kier molecular flexibility index (Phi) is 5.84. The molecule has 2 saturated carbocycles. The van der Waals surface area contributed by atoms with Gasteiger partial charge in [-0.1, -0.05) is 12.5 Å². The zero-order chi connectivity index (χ0) is 17.8. The molecule has 1 aromatic rings. The predicted molar refractivity (Wildman–Crippen MR) is 97.8 cm³/mol. The SMILES string of the molecule is COc1ccc(CCNC(=O)C2CC3CCCC(C2)C3N)c(OC)c1. The van der Waals surface area contributed by atoms with E-state index in [1.165, 1.54) is 19.3 Å². The topological polar surface area (TPSA) is 73.6 Å². The van der Waals surface area contributed by atoms with E-state index in [0.29, 0.717) is 24.4 Å². The first-order valence-corrected chi connectivity index (χ1v) is 9.36. The summed E-state index contributed by atoms with van der Waals surface area (Å²) >= 11 is 0. The summed E-state index contributed by atoms with van der Waals surface area (Å²) in [5, 5.41) is 3.12. The number of hydrogen-bond acceptors (Lipinski definition) is 4. The molecule has 0 aromatic heterocycles. The van der Waals surface area contributed by atoms with Crippen LogP contribution in [0.3, 0.4) is 0 Å². The molecule has 0 radical (unpaired) electrons. The van der Waals surface area contributed by atoms with Gasteiger partial charge in [-0.25, -0.2) is 0 Å². The molecule has 2 aliphatic rings. The lowest BCUT2D eigenvalue weighted by atomic mass is 9.65. The molecule has 2 fully saturated rings. The Balaban J connectivity index is 1.51. The van der Waals surface area contributed by atoms with Crippen LogP contribution < -0.4 is 20.5 Å². The van der Waals surface area contributed by atoms with Gasteiger partial charge in [-0.3, -0.25) is 4.79 Å². The van der Waals surface area contributed by atoms with Crippen molar-refractivity contribution >= 4 is 5.91 Å². The summed E-state index contributed by atoms with van der Waals surface area (Å²) in [7, 11) is 3.29. The van der Waals surface area contributed by atoms with Crippen LogP contribution in [0, 0.1) is 17.8 Å². The Morgan fingerprint density at radius 2 is 1.92 bits per heavy atom. The highest BCUT2D eigenvalue weighted by Crippen LogP contribution is 2.41. The third-order valence-electron chi connectivity index (χ3n) is 5.97. The maximum atomic E-state index is 12.6. The molecule has 0 spiro atoms. The number of amides is 1. The van der Waals surface area contributed by atoms with Gasteiger partial charge in [0.2, 0.25) is 5.91 Å². The number of rotatable bonds is 6. The monoisotopic (exact) mass is 346 g/mol. The van der Waals surface area contributed by atoms with E-state index in [9.17, 15) is 4.79 Å². The zero-order valence-corrected chi connectivity index (χ0v) is 15.3. The van der Waals surface area contributed by atoms with Gasteiger partial charge < -0.3 is 20.5 Å². The van der Waals surface area contributed by atoms with Gasteiger partial charge in [-0.05, 0) is 55.6 Å². The van der Waals surface area contributed by atoms with Gasteiger partial charge in [0.25, 0.3) is 0 Å². The quantitative estimate of drug-likeness (QED) is 0.830. The molecular formula is C20H30N2O3. The molecule has 3 rings (SSSR count). The fraction of sp³-hybridized carbons (Fsp3) is 0.650. The second-order valence-electron chi connectivity index (χ2n) is 7.42. The number of nitrogens with one attached hydrogen (secondary N) is 1. The molecule has 138 valence electrons. The van der Waals surface area contributed by atoms with Crippen LogP contribution in [0.15, 0.2) is 18.2 Å². The number of methoxy groups -OCH3 is 2. The molecule has 2 unspecified atom stereocenters. The van der Waals surface area contributed by atoms with Crippen LogP contribution in [0.2, 0.25) is 0 Å². The lowest BCUT2D eigenvalue weighted by Crippen LogP contribution is -2.49. The van der Waals surface area contributed by atoms with Gasteiger partial charge in [0, 0.05) is 24.6 Å². The number of hydrogen-bond donors (Lipinski definition) is 2. The fourth-order valence-electron chi connectivity index (χ4n) is 4.53. The smallest absolute Gasteiger partial charge is 0.223 e. The third-order valence-corrected chi connectivity index (χ3v) is 5.97. The van der Waals surface area contributed by atoms with Gasteiger partial charge in [-0.15, -0.1) is 0 Å². The van der Waals surface area contributed by atoms with Crippen LogP contribution in [0.4, 0.5) is 0 Å². The molecule has 0 heterocycles. The van der Waals surface area contributed by atoms with Crippen molar-refractivity contribution < 1.29 is 14.3 Å². The van der Waals surface area contributed by atoms with E-state index in [2.05, 4.69) is 5.32 Å². The molecule has 0 aliphatic heterocycles. The second-order valence-corrected chi connectivity index (χ2v) is 7.42. The average molecular weight is 346 g/mol. The molecule has 5 heteroatoms. The Morgan fingerprint density at radius 3 is 2.56 bits per heavy atom. The Labute approximate surface area is 150 Å². The number of fused-ring (bicyclic) bond motifs is 2. The van der Waals surface area contributed by atoms with E-state index in [4.69, 9.17) is 15.2 Å². The maximum absolute atomic E-state index is 12.6. The third kappa shape index (κ3) is 4.09. The number of ether oxygens (including phenoxy) is 2. The summed E-state index contributed by atoms with van der Waals surface area (Å²) in [4.78, 5) is 12.6. The highest BCUT2D eigenvalue weighted by atomic mass is 16.5. The first kappa shape index (κ1) is 18.1. The van der Waals surface area contributed by atoms with Crippen LogP contribution in [-0.2, 0) is 11.2 Å². The highest BCUT2D eigenvalue weighted by Gasteiger charge is 2.40. The van der Waals surface area contributed by atoms with Crippen LogP contribution in [-0.4, -0.2) is 32.7 Å². The molecule has 2 atom stereocenters. The highest BCUT2D eigenvalue weighted by molar-refractivity contribution is 5.78. The molecule has 5 nitrogen and oxygen atoms in total. The molecule has 3 N–H and O–H groups in total. The van der Waals surface area contributed by atoms with Crippen LogP contribution in [0.1, 0.15) is 37.7 Å². The first-order chi connectivity index (χ1) is 12.1. The molecular weight excluding hydrogens is 316 g/mol. The second kappa shape index (κ2) is 8.09. The van der Waals surface area contributed by atoms with Crippen molar-refractivity contribution in [3.8, 4) is 11.5 Å². The average Bonchev–Trinajstić information content (AvgIpc) is 2.61. The van der Waals surface area contributed by atoms with Crippen LogP contribution in [0.5, 0.6) is 11.5 Å². The number of nitrogens with two attached hydrogens (primary N) is 1. The summed E-state index contributed by atoms with van der Waals surface area (Å²) in [6.45, 7) is 0.624. The largest absolute Gasteiger partial charge is 0.497 e. The number of carbonyl (C=O) groups is 1. The predicted octanol–water partition coefficient (Wildman–Crippen LogP) is 2.52. The summed E-state index contributed by atoms with van der Waals surface area (Å²) in [6.07, 6.45) is 6.30. The van der Waals surface area contributed by atoms with Crippen molar-refractivity contribution in [2.75, 3.05) is 20.8 Å². The molecule has 1 amide bonds. The standard InChI is InChI=1S/C20H30N2O3/c1-24-17-7-6-13(18(12-17)25-2)8-9-22-20(23)16-10-14-4-3-5-15(11-16)19(14)21/h6-7,12,14-16,19H,3-5,8-11,21H2,1-2H3,(H,22,23). The molecule has 25 heavy (non-hydrogen) atoms. The van der Waals surface area contributed by atoms with Crippen molar-refractivity contribution in [3.05, 3.63) is 23.8 Å². The van der Waals surface area contributed by atoms with Crippen molar-refractivity contribution in [2.45, 2.75) is 44.6 Å². The minimum absolute atomic E-state index is 0.132. The molecule has 1 aromatic carbocycles. The lowest BCUT2D eigenvalue weighted by Gasteiger charge is -2.43. The zero-order valence-electron chi connectivity index (χ0n) is 15.3. The number of benzene rings is 1. The summed E-state index contributed by atoms with van der Waals surface area (Å²) in [5.74, 6) is 2.96. The van der Waals surface area contributed by atoms with Crippen molar-refractivity contribution in [3.63, 3.8) is 0 Å². The van der Waals surface area contributed by atoms with Gasteiger partial charge in [0.1, 0.15) is 11.5 Å². The summed E-state index contributed by atoms with van der Waals surface area (Å²) in [6, 6.07) is 6.10. The van der Waals surface area contributed by atoms with E-state index in [1.54, 1.807) is 14.2 Å². The van der Waals surface area contributed by atoms with E-state index in [0.717, 1.165) is 36.3 Å². The molecule has 0 saturated heterocycles. The maximum Gasteiger partial charge on any atom is 0.223 e. The molecule has 2 bridgehead atoms. The van der Waals surface area contributed by atoms with E-state index < -0.39 is 0 Å². The van der Waals surface area contributed by atoms with E-state index in [-0.39, 0.29) is 11.8 Å². The molecule has 2 aliphatic carbocycles. The fourth-order valence-corrected chi connectivity index (χ4v) is 4.53. The summed E-state index contributed by atoms with van der Waals surface area (Å²) in [5.41, 5.74) is 7.40. The minimum atomic E-state index is 0.132. The Hall–Kier alpha value is -1.75. The minimum Gasteiger partial charge on any atom is -0.497 e. The van der Waals surface area contributed by atoms with Crippen molar-refractivity contribution in [1.82, 2.24) is 5.32 Å². The van der Waals surface area contributed by atoms with E-state index in [1.807, 2.05) is 18.2 Å². The van der Waals surface area contributed by atoms with Crippen LogP contribution >= 0.6 is 0 Å². The van der Waals surface area contributed by atoms with Crippen LogP contribution in [0.25, 0.3) is 0 Å². The van der Waals surface area contributed by atoms with E-state index >= 15 is 0 Å². The van der Waals surface area contributed by atoms with Gasteiger partial charge in [0.05, 0.1) is 14.2 Å². The first-order valence-electron chi connectivity index (χ1n) is 9.36. The van der Waals surface area contributed by atoms with Gasteiger partial charge >= 0.3 is 0 Å². The Bertz CT molecular complexity index is 591. The lowest BCUT2D eigenvalue weighted by molar-refractivity contribution is -0.127. The van der Waals surface area contributed by atoms with Gasteiger partial charge in [-0.2, -0.15) is 0 Å². The van der Waals surface area contributed by atoms with Crippen molar-refractivity contribution in [1.29, 1.82) is 0 Å². The number of carbonyl (C=O) groups excluding carboxylic acids is 1. The van der Waals surface area contributed by atoms with Gasteiger partial charge in [0.15, 0.2) is 0 Å². The Morgan fingerprint density at radius 1 is 1.20 bits per heavy atom. The van der Waals surface area contributed by atoms with Crippen molar-refractivity contribution in [2.24, 2.45) is 23.5 Å². The summed E-state index contributed by atoms with van der Waals surface area (Å²) < 4.78 is 10.6.